The van der Waals surface area contributed by atoms with Crippen molar-refractivity contribution in [3.63, 3.8) is 0 Å². The van der Waals surface area contributed by atoms with Crippen LogP contribution in [0.25, 0.3) is 0 Å². The van der Waals surface area contributed by atoms with E-state index in [4.69, 9.17) is 5.11 Å². The van der Waals surface area contributed by atoms with Crippen LogP contribution in [0.3, 0.4) is 0 Å². The Kier molecular flexibility index (Phi) is 4.94. The van der Waals surface area contributed by atoms with Crippen molar-refractivity contribution in [1.29, 1.82) is 0 Å². The number of aliphatic hydroxyl groups excluding tert-OH is 1. The quantitative estimate of drug-likeness (QED) is 0.603. The second-order valence-electron chi connectivity index (χ2n) is 2.93. The standard InChI is InChI=1S/C7H15NO4S/c1-3-6(4-9)8-7(10)5-13(2,11)12/h6,9H,3-5H2,1-2H3,(H,8,10)/t6-/m1/s1. The first-order valence-corrected chi connectivity index (χ1v) is 6.03. The number of nitrogens with one attached hydrogen (secondary N) is 1. The number of aliphatic hydroxyl groups is 1. The van der Waals surface area contributed by atoms with Crippen molar-refractivity contribution in [1.82, 2.24) is 5.32 Å². The van der Waals surface area contributed by atoms with Gasteiger partial charge in [-0.1, -0.05) is 6.92 Å². The lowest BCUT2D eigenvalue weighted by atomic mass is 10.2. The van der Waals surface area contributed by atoms with Crippen molar-refractivity contribution in [2.45, 2.75) is 19.4 Å². The minimum atomic E-state index is -3.28. The fourth-order valence-corrected chi connectivity index (χ4v) is 1.34. The molecule has 1 amide bonds. The van der Waals surface area contributed by atoms with E-state index in [1.54, 1.807) is 6.92 Å². The Morgan fingerprint density at radius 2 is 2.08 bits per heavy atom. The largest absolute Gasteiger partial charge is 0.394 e. The number of carbonyl (C=O) groups is 1. The summed E-state index contributed by atoms with van der Waals surface area (Å²) in [6.07, 6.45) is 1.57. The molecule has 0 radical (unpaired) electrons. The molecule has 78 valence electrons. The molecule has 0 aliphatic rings. The van der Waals surface area contributed by atoms with Crippen molar-refractivity contribution in [2.75, 3.05) is 18.6 Å². The third-order valence-corrected chi connectivity index (χ3v) is 2.26. The van der Waals surface area contributed by atoms with E-state index in [-0.39, 0.29) is 12.6 Å². The SMILES string of the molecule is CC[C@H](CO)NC(=O)CS(C)(=O)=O. The molecular formula is C7H15NO4S. The van der Waals surface area contributed by atoms with Crippen LogP contribution in [0.1, 0.15) is 13.3 Å². The Balaban J connectivity index is 4.01. The third kappa shape index (κ3) is 6.53. The van der Waals surface area contributed by atoms with E-state index in [1.165, 1.54) is 0 Å². The molecule has 2 N–H and O–H groups in total. The Bertz CT molecular complexity index is 256. The summed E-state index contributed by atoms with van der Waals surface area (Å²) in [6, 6.07) is -0.353. The van der Waals surface area contributed by atoms with Gasteiger partial charge in [0.05, 0.1) is 12.6 Å². The molecule has 0 aromatic carbocycles. The number of amides is 1. The zero-order chi connectivity index (χ0) is 10.5. The van der Waals surface area contributed by atoms with E-state index in [2.05, 4.69) is 5.32 Å². The summed E-state index contributed by atoms with van der Waals surface area (Å²) in [6.45, 7) is 1.62. The van der Waals surface area contributed by atoms with Gasteiger partial charge in [0.1, 0.15) is 5.75 Å². The van der Waals surface area contributed by atoms with Crippen molar-refractivity contribution >= 4 is 15.7 Å². The smallest absolute Gasteiger partial charge is 0.235 e. The molecule has 0 saturated heterocycles. The molecule has 0 bridgehead atoms. The highest BCUT2D eigenvalue weighted by Crippen LogP contribution is 1.90. The maximum Gasteiger partial charge on any atom is 0.235 e. The number of hydrogen-bond acceptors (Lipinski definition) is 4. The molecule has 1 atom stereocenters. The summed E-state index contributed by atoms with van der Waals surface area (Å²) < 4.78 is 21.4. The molecule has 0 saturated carbocycles. The lowest BCUT2D eigenvalue weighted by Gasteiger charge is -2.12. The van der Waals surface area contributed by atoms with Crippen molar-refractivity contribution in [2.24, 2.45) is 0 Å². The summed E-state index contributed by atoms with van der Waals surface area (Å²) in [7, 11) is -3.28. The van der Waals surface area contributed by atoms with Crippen LogP contribution < -0.4 is 5.32 Å². The molecule has 5 nitrogen and oxygen atoms in total. The van der Waals surface area contributed by atoms with Crippen LogP contribution >= 0.6 is 0 Å². The molecule has 0 aromatic heterocycles. The van der Waals surface area contributed by atoms with Crippen LogP contribution in [0.5, 0.6) is 0 Å². The van der Waals surface area contributed by atoms with Gasteiger partial charge in [-0.25, -0.2) is 8.42 Å². The molecule has 0 spiro atoms. The Morgan fingerprint density at radius 1 is 1.54 bits per heavy atom. The highest BCUT2D eigenvalue weighted by atomic mass is 32.2. The van der Waals surface area contributed by atoms with Gasteiger partial charge in [0.2, 0.25) is 5.91 Å². The minimum absolute atomic E-state index is 0.175. The highest BCUT2D eigenvalue weighted by molar-refractivity contribution is 7.91. The number of carbonyl (C=O) groups excluding carboxylic acids is 1. The van der Waals surface area contributed by atoms with E-state index >= 15 is 0 Å². The van der Waals surface area contributed by atoms with Gasteiger partial charge < -0.3 is 10.4 Å². The van der Waals surface area contributed by atoms with Crippen LogP contribution in [0.2, 0.25) is 0 Å². The van der Waals surface area contributed by atoms with Gasteiger partial charge in [0, 0.05) is 6.26 Å². The van der Waals surface area contributed by atoms with Gasteiger partial charge >= 0.3 is 0 Å². The molecule has 0 fully saturated rings. The zero-order valence-electron chi connectivity index (χ0n) is 7.78. The molecule has 0 heterocycles. The maximum absolute atomic E-state index is 11.0. The molecule has 0 aliphatic heterocycles. The van der Waals surface area contributed by atoms with E-state index in [1.807, 2.05) is 0 Å². The fraction of sp³-hybridized carbons (Fsp3) is 0.857. The number of rotatable bonds is 5. The minimum Gasteiger partial charge on any atom is -0.394 e. The van der Waals surface area contributed by atoms with Crippen LogP contribution in [-0.4, -0.2) is 44.1 Å². The third-order valence-electron chi connectivity index (χ3n) is 1.47. The van der Waals surface area contributed by atoms with E-state index in [0.29, 0.717) is 6.42 Å². The molecule has 0 aliphatic carbocycles. The van der Waals surface area contributed by atoms with Crippen molar-refractivity contribution in [3.05, 3.63) is 0 Å². The van der Waals surface area contributed by atoms with E-state index in [9.17, 15) is 13.2 Å². The molecule has 0 rings (SSSR count). The van der Waals surface area contributed by atoms with Crippen LogP contribution in [0.4, 0.5) is 0 Å². The second-order valence-corrected chi connectivity index (χ2v) is 5.07. The van der Waals surface area contributed by atoms with Gasteiger partial charge in [-0.3, -0.25) is 4.79 Å². The Labute approximate surface area is 78.1 Å². The van der Waals surface area contributed by atoms with E-state index < -0.39 is 21.5 Å². The first-order chi connectivity index (χ1) is 5.89. The van der Waals surface area contributed by atoms with Gasteiger partial charge in [-0.05, 0) is 6.42 Å². The summed E-state index contributed by atoms with van der Waals surface area (Å²) in [4.78, 5) is 11.0. The summed E-state index contributed by atoms with van der Waals surface area (Å²) in [5.41, 5.74) is 0. The first kappa shape index (κ1) is 12.4. The summed E-state index contributed by atoms with van der Waals surface area (Å²) in [5, 5.41) is 11.1. The lowest BCUT2D eigenvalue weighted by molar-refractivity contribution is -0.119. The fourth-order valence-electron chi connectivity index (χ4n) is 0.784. The maximum atomic E-state index is 11.0. The van der Waals surface area contributed by atoms with E-state index in [0.717, 1.165) is 6.26 Å². The summed E-state index contributed by atoms with van der Waals surface area (Å²) >= 11 is 0. The predicted octanol–water partition coefficient (Wildman–Crippen LogP) is -1.08. The van der Waals surface area contributed by atoms with Crippen LogP contribution in [0.15, 0.2) is 0 Å². The predicted molar refractivity (Wildman–Crippen MR) is 49.0 cm³/mol. The van der Waals surface area contributed by atoms with Gasteiger partial charge in [-0.15, -0.1) is 0 Å². The average molecular weight is 209 g/mol. The van der Waals surface area contributed by atoms with Crippen molar-refractivity contribution < 1.29 is 18.3 Å². The first-order valence-electron chi connectivity index (χ1n) is 3.97. The number of hydrogen-bond donors (Lipinski definition) is 2. The van der Waals surface area contributed by atoms with Crippen LogP contribution in [-0.2, 0) is 14.6 Å². The second kappa shape index (κ2) is 5.18. The summed E-state index contributed by atoms with van der Waals surface area (Å²) in [5.74, 6) is -1.09. The zero-order valence-corrected chi connectivity index (χ0v) is 8.60. The molecule has 0 unspecified atom stereocenters. The van der Waals surface area contributed by atoms with Crippen molar-refractivity contribution in [3.8, 4) is 0 Å². The highest BCUT2D eigenvalue weighted by Gasteiger charge is 2.13. The molecule has 13 heavy (non-hydrogen) atoms. The molecule has 0 aromatic rings. The number of sulfone groups is 1. The lowest BCUT2D eigenvalue weighted by Crippen LogP contribution is -2.40. The monoisotopic (exact) mass is 209 g/mol. The topological polar surface area (TPSA) is 83.5 Å². The Morgan fingerprint density at radius 3 is 2.38 bits per heavy atom. The van der Waals surface area contributed by atoms with Gasteiger partial charge in [0.15, 0.2) is 9.84 Å². The van der Waals surface area contributed by atoms with Gasteiger partial charge in [0.25, 0.3) is 0 Å². The Hall–Kier alpha value is -0.620. The average Bonchev–Trinajstić information content (AvgIpc) is 1.96. The van der Waals surface area contributed by atoms with Gasteiger partial charge in [-0.2, -0.15) is 0 Å². The normalized spacial score (nSPS) is 13.8. The molecular weight excluding hydrogens is 194 g/mol. The molecule has 6 heteroatoms. The van der Waals surface area contributed by atoms with Crippen LogP contribution in [0, 0.1) is 0 Å².